The fourth-order valence-corrected chi connectivity index (χ4v) is 4.53. The minimum atomic E-state index is -0.896. The van der Waals surface area contributed by atoms with Crippen molar-refractivity contribution >= 4 is 11.8 Å². The van der Waals surface area contributed by atoms with Crippen molar-refractivity contribution in [3.63, 3.8) is 0 Å². The van der Waals surface area contributed by atoms with Crippen LogP contribution in [-0.4, -0.2) is 62.3 Å². The summed E-state index contributed by atoms with van der Waals surface area (Å²) >= 11 is 0. The van der Waals surface area contributed by atoms with Crippen molar-refractivity contribution in [1.29, 1.82) is 0 Å². The van der Waals surface area contributed by atoms with Gasteiger partial charge in [-0.1, -0.05) is 18.2 Å². The van der Waals surface area contributed by atoms with E-state index in [4.69, 9.17) is 18.9 Å². The number of cyclic esters (lactones) is 1. The van der Waals surface area contributed by atoms with Crippen molar-refractivity contribution in [1.82, 2.24) is 4.90 Å². The van der Waals surface area contributed by atoms with E-state index in [9.17, 15) is 9.90 Å². The van der Waals surface area contributed by atoms with Crippen molar-refractivity contribution in [2.75, 3.05) is 45.0 Å². The Bertz CT molecular complexity index is 972. The van der Waals surface area contributed by atoms with Crippen molar-refractivity contribution in [2.24, 2.45) is 0 Å². The molecular weight excluding hydrogens is 400 g/mol. The number of nitrogens with zero attached hydrogens (tertiary/aromatic N) is 2. The number of rotatable bonds is 5. The molecule has 3 heterocycles. The number of hydrogen-bond donors (Lipinski definition) is 1. The predicted octanol–water partition coefficient (Wildman–Crippen LogP) is 2.73. The molecule has 5 rings (SSSR count). The van der Waals surface area contributed by atoms with Gasteiger partial charge in [0.15, 0.2) is 11.5 Å². The number of carbonyl (C=O) groups excluding carboxylic acids is 1. The first-order chi connectivity index (χ1) is 15.1. The van der Waals surface area contributed by atoms with Crippen LogP contribution in [0.1, 0.15) is 18.4 Å². The van der Waals surface area contributed by atoms with Gasteiger partial charge in [-0.15, -0.1) is 0 Å². The lowest BCUT2D eigenvalue weighted by Crippen LogP contribution is -2.45. The summed E-state index contributed by atoms with van der Waals surface area (Å²) in [5.41, 5.74) is 0.673. The van der Waals surface area contributed by atoms with E-state index in [1.165, 1.54) is 0 Å². The summed E-state index contributed by atoms with van der Waals surface area (Å²) in [6.07, 6.45) is 0.616. The van der Waals surface area contributed by atoms with Gasteiger partial charge in [0, 0.05) is 19.6 Å². The zero-order valence-electron chi connectivity index (χ0n) is 17.5. The number of likely N-dealkylation sites (tertiary alicyclic amines) is 1. The molecule has 0 radical (unpaired) electrons. The summed E-state index contributed by atoms with van der Waals surface area (Å²) in [6, 6.07) is 13.1. The Kier molecular flexibility index (Phi) is 5.11. The van der Waals surface area contributed by atoms with Crippen LogP contribution in [0.2, 0.25) is 0 Å². The third-order valence-corrected chi connectivity index (χ3v) is 6.31. The van der Waals surface area contributed by atoms with Crippen molar-refractivity contribution in [3.05, 3.63) is 48.0 Å². The van der Waals surface area contributed by atoms with E-state index in [2.05, 4.69) is 4.90 Å². The van der Waals surface area contributed by atoms with Gasteiger partial charge in [-0.3, -0.25) is 9.80 Å². The summed E-state index contributed by atoms with van der Waals surface area (Å²) in [4.78, 5) is 16.3. The molecule has 1 amide bonds. The Labute approximate surface area is 180 Å². The topological polar surface area (TPSA) is 80.7 Å². The van der Waals surface area contributed by atoms with E-state index in [0.717, 1.165) is 5.56 Å². The van der Waals surface area contributed by atoms with Gasteiger partial charge in [-0.05, 0) is 42.7 Å². The molecule has 0 aliphatic carbocycles. The summed E-state index contributed by atoms with van der Waals surface area (Å²) in [5.74, 6) is 2.04. The van der Waals surface area contributed by atoms with Gasteiger partial charge in [0.2, 0.25) is 6.79 Å². The number of ether oxygens (including phenoxy) is 4. The second-order valence-electron chi connectivity index (χ2n) is 8.19. The number of fused-ring (bicyclic) bond motifs is 1. The van der Waals surface area contributed by atoms with Gasteiger partial charge in [0.05, 0.1) is 24.9 Å². The number of hydrogen-bond acceptors (Lipinski definition) is 7. The fraction of sp³-hybridized carbons (Fsp3) is 0.435. The minimum absolute atomic E-state index is 0.219. The summed E-state index contributed by atoms with van der Waals surface area (Å²) in [6.45, 7) is 2.76. The zero-order valence-corrected chi connectivity index (χ0v) is 17.5. The Morgan fingerprint density at radius 2 is 1.90 bits per heavy atom. The largest absolute Gasteiger partial charge is 0.495 e. The van der Waals surface area contributed by atoms with Crippen LogP contribution in [0.25, 0.3) is 0 Å². The highest BCUT2D eigenvalue weighted by molar-refractivity contribution is 5.91. The van der Waals surface area contributed by atoms with Gasteiger partial charge < -0.3 is 24.1 Å². The lowest BCUT2D eigenvalue weighted by atomic mass is 9.84. The molecule has 2 aromatic rings. The third-order valence-electron chi connectivity index (χ3n) is 6.31. The average molecular weight is 426 g/mol. The molecular formula is C23H26N2O6. The molecule has 3 aliphatic heterocycles. The summed E-state index contributed by atoms with van der Waals surface area (Å²) < 4.78 is 21.8. The number of piperidine rings is 1. The molecule has 8 nitrogen and oxygen atoms in total. The van der Waals surface area contributed by atoms with Crippen LogP contribution in [0.5, 0.6) is 17.2 Å². The normalized spacial score (nSPS) is 22.5. The number of amides is 1. The molecule has 1 atom stereocenters. The van der Waals surface area contributed by atoms with Gasteiger partial charge >= 0.3 is 6.09 Å². The number of aliphatic hydroxyl groups is 1. The first-order valence-electron chi connectivity index (χ1n) is 10.5. The number of benzene rings is 2. The first-order valence-corrected chi connectivity index (χ1v) is 10.5. The molecule has 2 aromatic carbocycles. The number of para-hydroxylation sites is 2. The lowest BCUT2D eigenvalue weighted by Gasteiger charge is -2.39. The Morgan fingerprint density at radius 1 is 1.13 bits per heavy atom. The molecule has 2 fully saturated rings. The molecule has 0 bridgehead atoms. The molecule has 31 heavy (non-hydrogen) atoms. The highest BCUT2D eigenvalue weighted by Gasteiger charge is 2.39. The van der Waals surface area contributed by atoms with E-state index in [1.54, 1.807) is 12.0 Å². The minimum Gasteiger partial charge on any atom is -0.495 e. The van der Waals surface area contributed by atoms with Crippen LogP contribution in [0.3, 0.4) is 0 Å². The molecule has 0 spiro atoms. The second kappa shape index (κ2) is 7.94. The van der Waals surface area contributed by atoms with Crippen LogP contribution < -0.4 is 19.1 Å². The zero-order chi connectivity index (χ0) is 21.4. The van der Waals surface area contributed by atoms with Crippen LogP contribution in [-0.2, 0) is 10.3 Å². The molecule has 1 N–H and O–H groups in total. The Balaban J connectivity index is 1.20. The predicted molar refractivity (Wildman–Crippen MR) is 113 cm³/mol. The number of carbonyl (C=O) groups is 1. The van der Waals surface area contributed by atoms with Crippen LogP contribution in [0.15, 0.2) is 42.5 Å². The van der Waals surface area contributed by atoms with Crippen molar-refractivity contribution in [3.8, 4) is 17.2 Å². The molecule has 1 unspecified atom stereocenters. The maximum Gasteiger partial charge on any atom is 0.414 e. The quantitative estimate of drug-likeness (QED) is 0.787. The fourth-order valence-electron chi connectivity index (χ4n) is 4.53. The number of anilines is 1. The molecule has 2 saturated heterocycles. The molecule has 3 aliphatic rings. The van der Waals surface area contributed by atoms with Crippen molar-refractivity contribution in [2.45, 2.75) is 24.5 Å². The maximum atomic E-state index is 12.4. The van der Waals surface area contributed by atoms with Crippen molar-refractivity contribution < 1.29 is 28.8 Å². The Morgan fingerprint density at radius 3 is 2.71 bits per heavy atom. The first kappa shape index (κ1) is 20.0. The van der Waals surface area contributed by atoms with Crippen LogP contribution in [0.4, 0.5) is 10.5 Å². The molecule has 164 valence electrons. The van der Waals surface area contributed by atoms with Gasteiger partial charge in [-0.25, -0.2) is 4.79 Å². The highest BCUT2D eigenvalue weighted by Crippen LogP contribution is 2.40. The van der Waals surface area contributed by atoms with Gasteiger partial charge in [0.25, 0.3) is 0 Å². The average Bonchev–Trinajstić information content (AvgIpc) is 3.41. The van der Waals surface area contributed by atoms with Crippen LogP contribution >= 0.6 is 0 Å². The summed E-state index contributed by atoms with van der Waals surface area (Å²) in [7, 11) is 1.59. The molecule has 0 aromatic heterocycles. The second-order valence-corrected chi connectivity index (χ2v) is 8.19. The van der Waals surface area contributed by atoms with Crippen LogP contribution in [0, 0.1) is 0 Å². The van der Waals surface area contributed by atoms with Gasteiger partial charge in [-0.2, -0.15) is 0 Å². The maximum absolute atomic E-state index is 12.4. The van der Waals surface area contributed by atoms with E-state index in [0.29, 0.717) is 62.0 Å². The monoisotopic (exact) mass is 426 g/mol. The smallest absolute Gasteiger partial charge is 0.414 e. The van der Waals surface area contributed by atoms with E-state index in [-0.39, 0.29) is 19.0 Å². The molecule has 8 heteroatoms. The SMILES string of the molecule is COc1ccccc1N1CC(CN2CCC(O)(c3ccc4c(c3)OCO4)CC2)OC1=O. The van der Waals surface area contributed by atoms with Gasteiger partial charge in [0.1, 0.15) is 11.9 Å². The molecule has 0 saturated carbocycles. The Hall–Kier alpha value is -2.97. The van der Waals surface area contributed by atoms with E-state index < -0.39 is 5.60 Å². The number of methoxy groups -OCH3 is 1. The standard InChI is InChI=1S/C23H26N2O6/c1-28-19-5-3-2-4-18(19)25-14-17(31-22(25)26)13-24-10-8-23(27,9-11-24)16-6-7-20-21(12-16)30-15-29-20/h2-7,12,17,27H,8-11,13-15H2,1H3. The van der Waals surface area contributed by atoms with E-state index in [1.807, 2.05) is 42.5 Å². The lowest BCUT2D eigenvalue weighted by molar-refractivity contribution is -0.0325. The summed E-state index contributed by atoms with van der Waals surface area (Å²) in [5, 5.41) is 11.2. The van der Waals surface area contributed by atoms with E-state index >= 15 is 0 Å². The highest BCUT2D eigenvalue weighted by atomic mass is 16.7. The third kappa shape index (κ3) is 3.77.